The molecular formula is C14H21NO. The van der Waals surface area contributed by atoms with Crippen LogP contribution in [0.5, 0.6) is 0 Å². The first-order valence-electron chi connectivity index (χ1n) is 6.22. The Hall–Kier alpha value is -0.860. The van der Waals surface area contributed by atoms with Crippen LogP contribution in [0.2, 0.25) is 0 Å². The summed E-state index contributed by atoms with van der Waals surface area (Å²) in [6.07, 6.45) is 4.01. The summed E-state index contributed by atoms with van der Waals surface area (Å²) < 4.78 is 5.56. The lowest BCUT2D eigenvalue weighted by molar-refractivity contribution is 0.110. The van der Waals surface area contributed by atoms with Crippen molar-refractivity contribution in [2.45, 2.75) is 32.3 Å². The van der Waals surface area contributed by atoms with E-state index in [4.69, 9.17) is 4.74 Å². The van der Waals surface area contributed by atoms with Gasteiger partial charge < -0.3 is 10.1 Å². The summed E-state index contributed by atoms with van der Waals surface area (Å²) >= 11 is 0. The molecule has 0 aromatic heterocycles. The van der Waals surface area contributed by atoms with Crippen molar-refractivity contribution >= 4 is 0 Å². The summed E-state index contributed by atoms with van der Waals surface area (Å²) in [6.45, 7) is 5.12. The maximum Gasteiger partial charge on any atom is 0.0700 e. The maximum atomic E-state index is 5.56. The number of hydrogen-bond donors (Lipinski definition) is 1. The average molecular weight is 219 g/mol. The smallest absolute Gasteiger partial charge is 0.0700 e. The van der Waals surface area contributed by atoms with E-state index < -0.39 is 0 Å². The van der Waals surface area contributed by atoms with Crippen molar-refractivity contribution in [3.8, 4) is 0 Å². The lowest BCUT2D eigenvalue weighted by Gasteiger charge is -2.10. The van der Waals surface area contributed by atoms with Crippen LogP contribution < -0.4 is 5.32 Å². The maximum absolute atomic E-state index is 5.56. The first kappa shape index (κ1) is 11.6. The van der Waals surface area contributed by atoms with Gasteiger partial charge in [-0.3, -0.25) is 0 Å². The molecule has 2 heteroatoms. The van der Waals surface area contributed by atoms with Crippen LogP contribution in [0, 0.1) is 6.92 Å². The fourth-order valence-corrected chi connectivity index (χ4v) is 2.06. The van der Waals surface area contributed by atoms with Crippen molar-refractivity contribution in [3.63, 3.8) is 0 Å². The van der Waals surface area contributed by atoms with Crippen molar-refractivity contribution in [3.05, 3.63) is 35.4 Å². The molecule has 1 saturated heterocycles. The lowest BCUT2D eigenvalue weighted by atomic mass is 10.1. The molecule has 0 unspecified atom stereocenters. The van der Waals surface area contributed by atoms with E-state index in [9.17, 15) is 0 Å². The van der Waals surface area contributed by atoms with Gasteiger partial charge in [-0.1, -0.05) is 29.8 Å². The van der Waals surface area contributed by atoms with Crippen LogP contribution >= 0.6 is 0 Å². The molecule has 88 valence electrons. The minimum absolute atomic E-state index is 0.456. The molecule has 0 spiro atoms. The average Bonchev–Trinajstić information content (AvgIpc) is 2.80. The molecule has 16 heavy (non-hydrogen) atoms. The van der Waals surface area contributed by atoms with E-state index in [1.54, 1.807) is 0 Å². The van der Waals surface area contributed by atoms with E-state index in [0.717, 1.165) is 26.1 Å². The largest absolute Gasteiger partial charge is 0.377 e. The van der Waals surface area contributed by atoms with Gasteiger partial charge in [0.25, 0.3) is 0 Å². The molecule has 0 bridgehead atoms. The number of ether oxygens (including phenoxy) is 1. The van der Waals surface area contributed by atoms with Gasteiger partial charge in [0.1, 0.15) is 0 Å². The molecule has 2 rings (SSSR count). The Labute approximate surface area is 98.0 Å². The highest BCUT2D eigenvalue weighted by Gasteiger charge is 2.13. The van der Waals surface area contributed by atoms with Gasteiger partial charge in [-0.05, 0) is 38.3 Å². The molecule has 0 saturated carbocycles. The van der Waals surface area contributed by atoms with Gasteiger partial charge in [-0.2, -0.15) is 0 Å². The van der Waals surface area contributed by atoms with Gasteiger partial charge >= 0.3 is 0 Å². The molecular weight excluding hydrogens is 198 g/mol. The topological polar surface area (TPSA) is 21.3 Å². The van der Waals surface area contributed by atoms with Crippen LogP contribution in [0.25, 0.3) is 0 Å². The first-order chi connectivity index (χ1) is 7.84. The number of rotatable bonds is 5. The second kappa shape index (κ2) is 6.02. The third-order valence-corrected chi connectivity index (χ3v) is 3.11. The lowest BCUT2D eigenvalue weighted by Crippen LogP contribution is -2.27. The Balaban J connectivity index is 1.62. The number of aryl methyl sites for hydroxylation is 1. The van der Waals surface area contributed by atoms with E-state index >= 15 is 0 Å². The van der Waals surface area contributed by atoms with Crippen molar-refractivity contribution in [2.24, 2.45) is 0 Å². The number of nitrogens with one attached hydrogen (secondary N) is 1. The molecule has 0 amide bonds. The zero-order valence-electron chi connectivity index (χ0n) is 10.0. The van der Waals surface area contributed by atoms with Crippen molar-refractivity contribution in [1.29, 1.82) is 0 Å². The van der Waals surface area contributed by atoms with Crippen LogP contribution in [-0.4, -0.2) is 25.8 Å². The second-order valence-electron chi connectivity index (χ2n) is 4.57. The molecule has 1 aliphatic rings. The Bertz CT molecular complexity index is 301. The summed E-state index contributed by atoms with van der Waals surface area (Å²) in [7, 11) is 0. The van der Waals surface area contributed by atoms with E-state index in [-0.39, 0.29) is 0 Å². The van der Waals surface area contributed by atoms with Gasteiger partial charge in [0, 0.05) is 13.2 Å². The fourth-order valence-electron chi connectivity index (χ4n) is 2.06. The number of benzene rings is 1. The first-order valence-corrected chi connectivity index (χ1v) is 6.22. The summed E-state index contributed by atoms with van der Waals surface area (Å²) in [5.41, 5.74) is 2.74. The molecule has 1 heterocycles. The molecule has 1 N–H and O–H groups in total. The molecule has 2 nitrogen and oxygen atoms in total. The van der Waals surface area contributed by atoms with E-state index in [1.165, 1.54) is 24.0 Å². The summed E-state index contributed by atoms with van der Waals surface area (Å²) in [6, 6.07) is 8.77. The predicted octanol–water partition coefficient (Wildman–Crippen LogP) is 2.31. The van der Waals surface area contributed by atoms with Crippen molar-refractivity contribution < 1.29 is 4.74 Å². The third-order valence-electron chi connectivity index (χ3n) is 3.11. The summed E-state index contributed by atoms with van der Waals surface area (Å²) in [5, 5.41) is 3.47. The van der Waals surface area contributed by atoms with Crippen LogP contribution in [0.3, 0.4) is 0 Å². The fraction of sp³-hybridized carbons (Fsp3) is 0.571. The van der Waals surface area contributed by atoms with Crippen LogP contribution in [-0.2, 0) is 11.2 Å². The van der Waals surface area contributed by atoms with E-state index in [0.29, 0.717) is 6.10 Å². The summed E-state index contributed by atoms with van der Waals surface area (Å²) in [5.74, 6) is 0. The quantitative estimate of drug-likeness (QED) is 0.767. The summed E-state index contributed by atoms with van der Waals surface area (Å²) in [4.78, 5) is 0. The highest BCUT2D eigenvalue weighted by atomic mass is 16.5. The van der Waals surface area contributed by atoms with Gasteiger partial charge in [-0.25, -0.2) is 0 Å². The van der Waals surface area contributed by atoms with Gasteiger partial charge in [0.15, 0.2) is 0 Å². The normalized spacial score (nSPS) is 20.2. The van der Waals surface area contributed by atoms with Gasteiger partial charge in [0.2, 0.25) is 0 Å². The van der Waals surface area contributed by atoms with Gasteiger partial charge in [0.05, 0.1) is 6.10 Å². The Kier molecular flexibility index (Phi) is 4.37. The Morgan fingerprint density at radius 2 is 2.12 bits per heavy atom. The highest BCUT2D eigenvalue weighted by molar-refractivity contribution is 5.21. The molecule has 0 aliphatic carbocycles. The Morgan fingerprint density at radius 1 is 1.31 bits per heavy atom. The highest BCUT2D eigenvalue weighted by Crippen LogP contribution is 2.10. The molecule has 1 aromatic rings. The standard InChI is InChI=1S/C14H21NO/c1-12-4-6-13(7-5-12)8-9-15-11-14-3-2-10-16-14/h4-7,14-15H,2-3,8-11H2,1H3/t14-/m0/s1. The number of hydrogen-bond acceptors (Lipinski definition) is 2. The molecule has 1 aromatic carbocycles. The minimum atomic E-state index is 0.456. The molecule has 0 radical (unpaired) electrons. The van der Waals surface area contributed by atoms with Crippen LogP contribution in [0.15, 0.2) is 24.3 Å². The predicted molar refractivity (Wildman–Crippen MR) is 66.7 cm³/mol. The third kappa shape index (κ3) is 3.62. The molecule has 1 aliphatic heterocycles. The monoisotopic (exact) mass is 219 g/mol. The second-order valence-corrected chi connectivity index (χ2v) is 4.57. The minimum Gasteiger partial charge on any atom is -0.377 e. The van der Waals surface area contributed by atoms with E-state index in [2.05, 4.69) is 36.5 Å². The van der Waals surface area contributed by atoms with Crippen molar-refractivity contribution in [1.82, 2.24) is 5.32 Å². The molecule has 1 atom stereocenters. The SMILES string of the molecule is Cc1ccc(CCNC[C@@H]2CCCO2)cc1. The van der Waals surface area contributed by atoms with Crippen molar-refractivity contribution in [2.75, 3.05) is 19.7 Å². The van der Waals surface area contributed by atoms with Crippen LogP contribution in [0.1, 0.15) is 24.0 Å². The van der Waals surface area contributed by atoms with Gasteiger partial charge in [-0.15, -0.1) is 0 Å². The Morgan fingerprint density at radius 3 is 2.81 bits per heavy atom. The van der Waals surface area contributed by atoms with E-state index in [1.807, 2.05) is 0 Å². The zero-order chi connectivity index (χ0) is 11.2. The zero-order valence-corrected chi connectivity index (χ0v) is 10.0. The van der Waals surface area contributed by atoms with Crippen LogP contribution in [0.4, 0.5) is 0 Å². The molecule has 1 fully saturated rings.